The molecule has 152 valence electrons. The fourth-order valence-electron chi connectivity index (χ4n) is 3.75. The molecule has 0 bridgehead atoms. The van der Waals surface area contributed by atoms with Gasteiger partial charge in [-0.25, -0.2) is 0 Å². The van der Waals surface area contributed by atoms with E-state index in [1.165, 1.54) is 4.90 Å². The Morgan fingerprint density at radius 1 is 1.25 bits per heavy atom. The van der Waals surface area contributed by atoms with E-state index in [2.05, 4.69) is 5.32 Å². The maximum absolute atomic E-state index is 12.7. The topological polar surface area (TPSA) is 95.9 Å². The zero-order valence-corrected chi connectivity index (χ0v) is 16.4. The predicted octanol–water partition coefficient (Wildman–Crippen LogP) is 2.20. The predicted molar refractivity (Wildman–Crippen MR) is 105 cm³/mol. The first-order chi connectivity index (χ1) is 13.4. The van der Waals surface area contributed by atoms with Gasteiger partial charge in [0.2, 0.25) is 5.91 Å². The molecule has 7 nitrogen and oxygen atoms in total. The quantitative estimate of drug-likeness (QED) is 0.729. The summed E-state index contributed by atoms with van der Waals surface area (Å²) in [4.78, 5) is 38.9. The highest BCUT2D eigenvalue weighted by Gasteiger charge is 2.34. The summed E-state index contributed by atoms with van der Waals surface area (Å²) in [6.07, 6.45) is 2.99. The molecule has 3 rings (SSSR count). The van der Waals surface area contributed by atoms with Crippen LogP contribution in [0.15, 0.2) is 18.2 Å². The molecule has 1 heterocycles. The van der Waals surface area contributed by atoms with Crippen molar-refractivity contribution in [3.63, 3.8) is 0 Å². The van der Waals surface area contributed by atoms with Crippen molar-refractivity contribution in [3.8, 4) is 5.75 Å². The molecule has 1 fully saturated rings. The van der Waals surface area contributed by atoms with E-state index in [0.29, 0.717) is 36.3 Å². The fourth-order valence-corrected chi connectivity index (χ4v) is 3.75. The number of rotatable bonds is 6. The Morgan fingerprint density at radius 2 is 1.96 bits per heavy atom. The molecule has 1 atom stereocenters. The molecule has 2 N–H and O–H groups in total. The molecule has 1 unspecified atom stereocenters. The van der Waals surface area contributed by atoms with E-state index >= 15 is 0 Å². The van der Waals surface area contributed by atoms with Crippen molar-refractivity contribution in [1.29, 1.82) is 0 Å². The summed E-state index contributed by atoms with van der Waals surface area (Å²) in [7, 11) is 0. The number of fused-ring (bicyclic) bond motifs is 1. The lowest BCUT2D eigenvalue weighted by atomic mass is 9.93. The minimum atomic E-state index is -0.692. The average Bonchev–Trinajstić information content (AvgIpc) is 2.67. The Labute approximate surface area is 165 Å². The van der Waals surface area contributed by atoms with Gasteiger partial charge >= 0.3 is 0 Å². The summed E-state index contributed by atoms with van der Waals surface area (Å²) in [6, 6.07) is 5.04. The van der Waals surface area contributed by atoms with Crippen LogP contribution in [0.4, 0.5) is 5.69 Å². The first kappa shape index (κ1) is 20.3. The standard InChI is InChI=1S/C21H28N2O5/c1-3-4-18(25)14-5-10-19-17(11-14)23(21(27)13(2)28-19)12-20(26)22-15-6-8-16(24)9-7-15/h5,10-11,13,15-16,24H,3-4,6-9,12H2,1-2H3,(H,22,26). The molecule has 2 amide bonds. The summed E-state index contributed by atoms with van der Waals surface area (Å²) in [6.45, 7) is 3.46. The third kappa shape index (κ3) is 4.52. The monoisotopic (exact) mass is 388 g/mol. The zero-order chi connectivity index (χ0) is 20.3. The second kappa shape index (κ2) is 8.73. The highest BCUT2D eigenvalue weighted by molar-refractivity contribution is 6.05. The summed E-state index contributed by atoms with van der Waals surface area (Å²) in [5.41, 5.74) is 0.970. The van der Waals surface area contributed by atoms with Gasteiger partial charge in [0.15, 0.2) is 11.9 Å². The van der Waals surface area contributed by atoms with Crippen LogP contribution in [0.3, 0.4) is 0 Å². The molecule has 1 saturated carbocycles. The molecule has 1 aliphatic carbocycles. The Kier molecular flexibility index (Phi) is 6.34. The minimum absolute atomic E-state index is 0.00142. The Balaban J connectivity index is 1.76. The average molecular weight is 388 g/mol. The number of hydrogen-bond acceptors (Lipinski definition) is 5. The second-order valence-electron chi connectivity index (χ2n) is 7.61. The fraction of sp³-hybridized carbons (Fsp3) is 0.571. The van der Waals surface area contributed by atoms with Crippen LogP contribution in [-0.2, 0) is 9.59 Å². The second-order valence-corrected chi connectivity index (χ2v) is 7.61. The number of carbonyl (C=O) groups is 3. The molecule has 0 radical (unpaired) electrons. The lowest BCUT2D eigenvalue weighted by molar-refractivity contribution is -0.128. The molecule has 2 aliphatic rings. The van der Waals surface area contributed by atoms with Crippen molar-refractivity contribution in [2.75, 3.05) is 11.4 Å². The Bertz CT molecular complexity index is 755. The van der Waals surface area contributed by atoms with Gasteiger partial charge in [-0.05, 0) is 57.2 Å². The van der Waals surface area contributed by atoms with Crippen LogP contribution in [0, 0.1) is 0 Å². The number of nitrogens with zero attached hydrogens (tertiary/aromatic N) is 1. The summed E-state index contributed by atoms with van der Waals surface area (Å²) >= 11 is 0. The highest BCUT2D eigenvalue weighted by atomic mass is 16.5. The van der Waals surface area contributed by atoms with E-state index in [1.807, 2.05) is 6.92 Å². The Hall–Kier alpha value is -2.41. The summed E-state index contributed by atoms with van der Waals surface area (Å²) < 4.78 is 5.65. The number of nitrogens with one attached hydrogen (secondary N) is 1. The summed E-state index contributed by atoms with van der Waals surface area (Å²) in [5.74, 6) is -0.0582. The van der Waals surface area contributed by atoms with E-state index in [9.17, 15) is 19.5 Å². The Morgan fingerprint density at radius 3 is 2.64 bits per heavy atom. The molecular weight excluding hydrogens is 360 g/mol. The van der Waals surface area contributed by atoms with Gasteiger partial charge in [-0.2, -0.15) is 0 Å². The number of Topliss-reactive ketones (excluding diaryl/α,β-unsaturated/α-hetero) is 1. The SMILES string of the molecule is CCCC(=O)c1ccc2c(c1)N(CC(=O)NC1CCC(O)CC1)C(=O)C(C)O2. The first-order valence-corrected chi connectivity index (χ1v) is 10.0. The van der Waals surface area contributed by atoms with Crippen LogP contribution < -0.4 is 15.0 Å². The van der Waals surface area contributed by atoms with Crippen molar-refractivity contribution in [1.82, 2.24) is 5.32 Å². The van der Waals surface area contributed by atoms with Gasteiger partial charge in [-0.3, -0.25) is 19.3 Å². The minimum Gasteiger partial charge on any atom is -0.479 e. The van der Waals surface area contributed by atoms with E-state index in [-0.39, 0.29) is 36.3 Å². The number of ether oxygens (including phenoxy) is 1. The largest absolute Gasteiger partial charge is 0.479 e. The van der Waals surface area contributed by atoms with Crippen LogP contribution in [0.25, 0.3) is 0 Å². The molecule has 7 heteroatoms. The number of benzene rings is 1. The van der Waals surface area contributed by atoms with E-state index in [0.717, 1.165) is 19.3 Å². The van der Waals surface area contributed by atoms with Crippen LogP contribution in [-0.4, -0.2) is 47.5 Å². The maximum Gasteiger partial charge on any atom is 0.268 e. The molecule has 1 aliphatic heterocycles. The van der Waals surface area contributed by atoms with Crippen molar-refractivity contribution in [3.05, 3.63) is 23.8 Å². The van der Waals surface area contributed by atoms with E-state index in [1.54, 1.807) is 25.1 Å². The molecule has 1 aromatic rings. The van der Waals surface area contributed by atoms with Gasteiger partial charge in [-0.1, -0.05) is 6.92 Å². The molecule has 1 aromatic carbocycles. The normalized spacial score (nSPS) is 24.3. The van der Waals surface area contributed by atoms with E-state index in [4.69, 9.17) is 4.74 Å². The maximum atomic E-state index is 12.7. The van der Waals surface area contributed by atoms with Crippen molar-refractivity contribution in [2.45, 2.75) is 70.6 Å². The van der Waals surface area contributed by atoms with Gasteiger partial charge in [0.05, 0.1) is 11.8 Å². The van der Waals surface area contributed by atoms with Crippen LogP contribution in [0.5, 0.6) is 5.75 Å². The van der Waals surface area contributed by atoms with Crippen molar-refractivity contribution < 1.29 is 24.2 Å². The molecule has 0 aromatic heterocycles. The number of carbonyl (C=O) groups excluding carboxylic acids is 3. The van der Waals surface area contributed by atoms with E-state index < -0.39 is 6.10 Å². The lowest BCUT2D eigenvalue weighted by Crippen LogP contribution is -2.50. The zero-order valence-electron chi connectivity index (χ0n) is 16.4. The van der Waals surface area contributed by atoms with Crippen LogP contribution in [0.2, 0.25) is 0 Å². The molecular formula is C21H28N2O5. The van der Waals surface area contributed by atoms with Gasteiger partial charge in [0, 0.05) is 18.0 Å². The molecule has 0 spiro atoms. The third-order valence-electron chi connectivity index (χ3n) is 5.33. The van der Waals surface area contributed by atoms with Crippen molar-refractivity contribution >= 4 is 23.3 Å². The smallest absolute Gasteiger partial charge is 0.268 e. The molecule has 28 heavy (non-hydrogen) atoms. The first-order valence-electron chi connectivity index (χ1n) is 10.0. The number of hydrogen-bond donors (Lipinski definition) is 2. The van der Waals surface area contributed by atoms with Crippen LogP contribution >= 0.6 is 0 Å². The van der Waals surface area contributed by atoms with Gasteiger partial charge in [0.25, 0.3) is 5.91 Å². The number of aliphatic hydroxyl groups excluding tert-OH is 1. The van der Waals surface area contributed by atoms with Gasteiger partial charge in [-0.15, -0.1) is 0 Å². The lowest BCUT2D eigenvalue weighted by Gasteiger charge is -2.33. The van der Waals surface area contributed by atoms with Crippen LogP contribution in [0.1, 0.15) is 62.7 Å². The third-order valence-corrected chi connectivity index (χ3v) is 5.33. The van der Waals surface area contributed by atoms with Gasteiger partial charge in [0.1, 0.15) is 12.3 Å². The van der Waals surface area contributed by atoms with Crippen molar-refractivity contribution in [2.24, 2.45) is 0 Å². The molecule has 0 saturated heterocycles. The number of amides is 2. The van der Waals surface area contributed by atoms with Gasteiger partial charge < -0.3 is 15.2 Å². The number of aliphatic hydroxyl groups is 1. The number of anilines is 1. The number of ketones is 1. The summed E-state index contributed by atoms with van der Waals surface area (Å²) in [5, 5.41) is 12.6. The highest BCUT2D eigenvalue weighted by Crippen LogP contribution is 2.35.